The van der Waals surface area contributed by atoms with Crippen LogP contribution in [0.3, 0.4) is 0 Å². The van der Waals surface area contributed by atoms with Crippen molar-refractivity contribution in [2.24, 2.45) is 10.8 Å². The highest BCUT2D eigenvalue weighted by atomic mass is 32.2. The fourth-order valence-electron chi connectivity index (χ4n) is 5.35. The average molecular weight is 558 g/mol. The number of benzene rings is 2. The van der Waals surface area contributed by atoms with Crippen molar-refractivity contribution in [3.05, 3.63) is 66.2 Å². The van der Waals surface area contributed by atoms with Gasteiger partial charge in [0.25, 0.3) is 5.91 Å². The second-order valence-electron chi connectivity index (χ2n) is 11.1. The number of hydrogen-bond acceptors (Lipinski definition) is 6. The van der Waals surface area contributed by atoms with Gasteiger partial charge in [-0.2, -0.15) is 4.31 Å². The van der Waals surface area contributed by atoms with Crippen LogP contribution in [0.2, 0.25) is 0 Å². The fourth-order valence-corrected chi connectivity index (χ4v) is 7.14. The van der Waals surface area contributed by atoms with Gasteiger partial charge in [-0.15, -0.1) is 0 Å². The molecule has 1 saturated heterocycles. The van der Waals surface area contributed by atoms with Crippen LogP contribution >= 0.6 is 0 Å². The van der Waals surface area contributed by atoms with Gasteiger partial charge in [0, 0.05) is 31.2 Å². The molecule has 0 bridgehead atoms. The molecule has 1 fully saturated rings. The van der Waals surface area contributed by atoms with E-state index in [1.54, 1.807) is 14.2 Å². The van der Waals surface area contributed by atoms with Crippen molar-refractivity contribution >= 4 is 21.8 Å². The summed E-state index contributed by atoms with van der Waals surface area (Å²) in [7, 11) is -0.679. The molecule has 0 aromatic heterocycles. The molecule has 2 amide bonds. The van der Waals surface area contributed by atoms with Gasteiger partial charge < -0.3 is 20.1 Å². The van der Waals surface area contributed by atoms with Gasteiger partial charge in [0.1, 0.15) is 0 Å². The summed E-state index contributed by atoms with van der Waals surface area (Å²) in [6.07, 6.45) is 1.82. The third-order valence-corrected chi connectivity index (χ3v) is 8.91. The highest BCUT2D eigenvalue weighted by molar-refractivity contribution is 7.89. The van der Waals surface area contributed by atoms with Gasteiger partial charge in [-0.05, 0) is 65.3 Å². The molecule has 2 aromatic rings. The standard InChI is InChI=1S/C29H39N3O6S/c1-8-25(33)31-27-28(2,3)18-32(19-29(27,4)5)39(35,36)22-12-10-21(11-13-22)26(34)30-16-15-20-9-14-23(37-6)24(17-20)38-7/h8-14,17,27H,1,15-16,18-19H2,2-7H3,(H,30,34)(H,31,33). The maximum absolute atomic E-state index is 13.6. The quantitative estimate of drug-likeness (QED) is 0.433. The molecule has 1 aliphatic rings. The zero-order valence-corrected chi connectivity index (χ0v) is 24.4. The number of ether oxygens (including phenoxy) is 2. The van der Waals surface area contributed by atoms with E-state index >= 15 is 0 Å². The lowest BCUT2D eigenvalue weighted by Crippen LogP contribution is -2.64. The van der Waals surface area contributed by atoms with Gasteiger partial charge in [0.15, 0.2) is 11.5 Å². The molecule has 1 aliphatic heterocycles. The van der Waals surface area contributed by atoms with E-state index in [-0.39, 0.29) is 35.8 Å². The van der Waals surface area contributed by atoms with Crippen LogP contribution in [0.4, 0.5) is 0 Å². The number of carbonyl (C=O) groups excluding carboxylic acids is 2. The molecule has 212 valence electrons. The van der Waals surface area contributed by atoms with E-state index < -0.39 is 20.9 Å². The van der Waals surface area contributed by atoms with Gasteiger partial charge in [0.05, 0.1) is 19.1 Å². The third kappa shape index (κ3) is 6.80. The van der Waals surface area contributed by atoms with E-state index in [9.17, 15) is 18.0 Å². The second kappa shape index (κ2) is 11.8. The average Bonchev–Trinajstić information content (AvgIpc) is 2.89. The SMILES string of the molecule is C=CC(=O)NC1C(C)(C)CN(S(=O)(=O)c2ccc(C(=O)NCCc3ccc(OC)c(OC)c3)cc2)CC1(C)C. The van der Waals surface area contributed by atoms with Gasteiger partial charge >= 0.3 is 0 Å². The van der Waals surface area contributed by atoms with Crippen LogP contribution < -0.4 is 20.1 Å². The molecule has 0 unspecified atom stereocenters. The maximum Gasteiger partial charge on any atom is 0.251 e. The predicted octanol–water partition coefficient (Wildman–Crippen LogP) is 3.40. The number of nitrogens with zero attached hydrogens (tertiary/aromatic N) is 1. The van der Waals surface area contributed by atoms with Gasteiger partial charge in [-0.25, -0.2) is 8.42 Å². The van der Waals surface area contributed by atoms with Crippen LogP contribution in [-0.2, 0) is 21.2 Å². The van der Waals surface area contributed by atoms with Crippen molar-refractivity contribution in [2.45, 2.75) is 45.1 Å². The summed E-state index contributed by atoms with van der Waals surface area (Å²) < 4.78 is 39.1. The first-order valence-electron chi connectivity index (χ1n) is 12.8. The Labute approximate surface area is 231 Å². The second-order valence-corrected chi connectivity index (χ2v) is 13.1. The summed E-state index contributed by atoms with van der Waals surface area (Å²) in [6.45, 7) is 12.2. The molecule has 2 aromatic carbocycles. The van der Waals surface area contributed by atoms with E-state index in [1.165, 1.54) is 34.6 Å². The summed E-state index contributed by atoms with van der Waals surface area (Å²) in [5.41, 5.74) is 0.295. The van der Waals surface area contributed by atoms with Gasteiger partial charge in [-0.3, -0.25) is 9.59 Å². The molecule has 10 heteroatoms. The van der Waals surface area contributed by atoms with Crippen LogP contribution in [0, 0.1) is 10.8 Å². The number of piperidine rings is 1. The normalized spacial score (nSPS) is 17.2. The summed E-state index contributed by atoms with van der Waals surface area (Å²) in [5, 5.41) is 5.85. The van der Waals surface area contributed by atoms with E-state index in [0.29, 0.717) is 30.0 Å². The van der Waals surface area contributed by atoms with Crippen molar-refractivity contribution in [3.63, 3.8) is 0 Å². The molecular weight excluding hydrogens is 518 g/mol. The Bertz CT molecular complexity index is 1300. The molecular formula is C29H39N3O6S. The van der Waals surface area contributed by atoms with Crippen LogP contribution in [0.5, 0.6) is 11.5 Å². The van der Waals surface area contributed by atoms with Crippen molar-refractivity contribution in [3.8, 4) is 11.5 Å². The summed E-state index contributed by atoms with van der Waals surface area (Å²) >= 11 is 0. The van der Waals surface area contributed by atoms with Crippen molar-refractivity contribution in [1.29, 1.82) is 0 Å². The Morgan fingerprint density at radius 2 is 1.59 bits per heavy atom. The lowest BCUT2D eigenvalue weighted by atomic mass is 9.67. The minimum absolute atomic E-state index is 0.115. The first-order chi connectivity index (χ1) is 18.2. The topological polar surface area (TPSA) is 114 Å². The molecule has 2 N–H and O–H groups in total. The number of sulfonamides is 1. The Hall–Kier alpha value is -3.37. The monoisotopic (exact) mass is 557 g/mol. The maximum atomic E-state index is 13.6. The fraction of sp³-hybridized carbons (Fsp3) is 0.448. The van der Waals surface area contributed by atoms with Crippen molar-refractivity contribution < 1.29 is 27.5 Å². The molecule has 9 nitrogen and oxygen atoms in total. The molecule has 0 aliphatic carbocycles. The van der Waals surface area contributed by atoms with Crippen molar-refractivity contribution in [2.75, 3.05) is 33.9 Å². The van der Waals surface area contributed by atoms with E-state index in [1.807, 2.05) is 45.9 Å². The molecule has 0 spiro atoms. The van der Waals surface area contributed by atoms with E-state index in [4.69, 9.17) is 9.47 Å². The van der Waals surface area contributed by atoms with Gasteiger partial charge in [-0.1, -0.05) is 40.3 Å². The molecule has 39 heavy (non-hydrogen) atoms. The number of hydrogen-bond donors (Lipinski definition) is 2. The number of rotatable bonds is 10. The summed E-state index contributed by atoms with van der Waals surface area (Å²) in [5.74, 6) is 0.683. The lowest BCUT2D eigenvalue weighted by molar-refractivity contribution is -0.120. The van der Waals surface area contributed by atoms with Crippen LogP contribution in [0.15, 0.2) is 60.0 Å². The number of amides is 2. The molecule has 3 rings (SSSR count). The predicted molar refractivity (Wildman–Crippen MR) is 150 cm³/mol. The Morgan fingerprint density at radius 1 is 1.00 bits per heavy atom. The first kappa shape index (κ1) is 30.2. The molecule has 0 atom stereocenters. The first-order valence-corrected chi connectivity index (χ1v) is 14.2. The lowest BCUT2D eigenvalue weighted by Gasteiger charge is -2.52. The number of carbonyl (C=O) groups is 2. The summed E-state index contributed by atoms with van der Waals surface area (Å²) in [6, 6.07) is 11.3. The minimum Gasteiger partial charge on any atom is -0.493 e. The summed E-state index contributed by atoms with van der Waals surface area (Å²) in [4.78, 5) is 24.8. The highest BCUT2D eigenvalue weighted by Gasteiger charge is 2.50. The smallest absolute Gasteiger partial charge is 0.251 e. The Balaban J connectivity index is 1.67. The molecule has 0 radical (unpaired) electrons. The highest BCUT2D eigenvalue weighted by Crippen LogP contribution is 2.42. The Morgan fingerprint density at radius 3 is 2.13 bits per heavy atom. The largest absolute Gasteiger partial charge is 0.493 e. The number of methoxy groups -OCH3 is 2. The van der Waals surface area contributed by atoms with Crippen molar-refractivity contribution in [1.82, 2.24) is 14.9 Å². The molecule has 1 heterocycles. The van der Waals surface area contributed by atoms with Gasteiger partial charge in [0.2, 0.25) is 15.9 Å². The zero-order chi connectivity index (χ0) is 29.0. The van der Waals surface area contributed by atoms with E-state index in [2.05, 4.69) is 17.2 Å². The third-order valence-electron chi connectivity index (χ3n) is 7.10. The van der Waals surface area contributed by atoms with Crippen LogP contribution in [0.25, 0.3) is 0 Å². The van der Waals surface area contributed by atoms with Crippen LogP contribution in [0.1, 0.15) is 43.6 Å². The Kier molecular flexibility index (Phi) is 9.12. The zero-order valence-electron chi connectivity index (χ0n) is 23.5. The minimum atomic E-state index is -3.82. The number of nitrogens with one attached hydrogen (secondary N) is 2. The van der Waals surface area contributed by atoms with E-state index in [0.717, 1.165) is 5.56 Å². The molecule has 0 saturated carbocycles. The van der Waals surface area contributed by atoms with Crippen LogP contribution in [-0.4, -0.2) is 64.4 Å².